The first-order valence-electron chi connectivity index (χ1n) is 5.10. The fourth-order valence-corrected chi connectivity index (χ4v) is 1.73. The van der Waals surface area contributed by atoms with Crippen molar-refractivity contribution in [2.75, 3.05) is 0 Å². The van der Waals surface area contributed by atoms with E-state index in [1.807, 2.05) is 0 Å². The molecule has 0 unspecified atom stereocenters. The van der Waals surface area contributed by atoms with Crippen LogP contribution in [0.3, 0.4) is 0 Å². The second-order valence-corrected chi connectivity index (χ2v) is 4.02. The van der Waals surface area contributed by atoms with Gasteiger partial charge in [0.2, 0.25) is 0 Å². The molecule has 17 heavy (non-hydrogen) atoms. The standard InChI is InChI=1S/C13H10ClNO2/c14-12-4-2-1-3-11(12)13(17)9-15-7-5-10(16)6-8-15/h1-8H,9H2. The fourth-order valence-electron chi connectivity index (χ4n) is 1.49. The van der Waals surface area contributed by atoms with Crippen LogP contribution in [0.4, 0.5) is 0 Å². The molecule has 0 fully saturated rings. The molecular formula is C13H10ClNO2. The molecule has 2 rings (SSSR count). The SMILES string of the molecule is O=C(Cn1ccc(=O)cc1)c1ccccc1Cl. The van der Waals surface area contributed by atoms with Gasteiger partial charge >= 0.3 is 0 Å². The maximum absolute atomic E-state index is 11.9. The average molecular weight is 248 g/mol. The highest BCUT2D eigenvalue weighted by molar-refractivity contribution is 6.33. The van der Waals surface area contributed by atoms with Crippen molar-refractivity contribution in [2.24, 2.45) is 0 Å². The summed E-state index contributed by atoms with van der Waals surface area (Å²) in [5.41, 5.74) is 0.416. The van der Waals surface area contributed by atoms with Gasteiger partial charge in [0.1, 0.15) is 0 Å². The molecule has 0 bridgehead atoms. The summed E-state index contributed by atoms with van der Waals surface area (Å²) in [4.78, 5) is 22.8. The second-order valence-electron chi connectivity index (χ2n) is 3.61. The van der Waals surface area contributed by atoms with Gasteiger partial charge in [-0.15, -0.1) is 0 Å². The number of ketones is 1. The zero-order chi connectivity index (χ0) is 12.3. The number of rotatable bonds is 3. The van der Waals surface area contributed by atoms with Crippen molar-refractivity contribution >= 4 is 17.4 Å². The van der Waals surface area contributed by atoms with Crippen LogP contribution in [-0.2, 0) is 6.54 Å². The van der Waals surface area contributed by atoms with Crippen LogP contribution in [0.5, 0.6) is 0 Å². The molecule has 1 aromatic heterocycles. The molecule has 0 spiro atoms. The van der Waals surface area contributed by atoms with Crippen LogP contribution in [0.25, 0.3) is 0 Å². The Morgan fingerprint density at radius 3 is 2.41 bits per heavy atom. The van der Waals surface area contributed by atoms with E-state index in [9.17, 15) is 9.59 Å². The molecule has 0 aliphatic carbocycles. The number of carbonyl (C=O) groups excluding carboxylic acids is 1. The summed E-state index contributed by atoms with van der Waals surface area (Å²) in [5.74, 6) is -0.0840. The number of halogens is 1. The molecular weight excluding hydrogens is 238 g/mol. The normalized spacial score (nSPS) is 10.2. The molecule has 0 amide bonds. The minimum atomic E-state index is -0.0840. The van der Waals surface area contributed by atoms with Gasteiger partial charge in [-0.3, -0.25) is 9.59 Å². The highest BCUT2D eigenvalue weighted by Gasteiger charge is 2.09. The first-order chi connectivity index (χ1) is 8.16. The fraction of sp³-hybridized carbons (Fsp3) is 0.0769. The van der Waals surface area contributed by atoms with Crippen LogP contribution in [0.2, 0.25) is 5.02 Å². The summed E-state index contributed by atoms with van der Waals surface area (Å²) >= 11 is 5.93. The number of carbonyl (C=O) groups is 1. The third-order valence-corrected chi connectivity index (χ3v) is 2.69. The van der Waals surface area contributed by atoms with Crippen LogP contribution in [0.1, 0.15) is 10.4 Å². The molecule has 1 heterocycles. The topological polar surface area (TPSA) is 39.1 Å². The van der Waals surface area contributed by atoms with Crippen molar-refractivity contribution in [1.82, 2.24) is 4.57 Å². The molecule has 0 saturated heterocycles. The third-order valence-electron chi connectivity index (χ3n) is 2.36. The van der Waals surface area contributed by atoms with Crippen LogP contribution in [-0.4, -0.2) is 10.4 Å². The van der Waals surface area contributed by atoms with E-state index in [4.69, 9.17) is 11.6 Å². The zero-order valence-corrected chi connectivity index (χ0v) is 9.72. The lowest BCUT2D eigenvalue weighted by atomic mass is 10.1. The van der Waals surface area contributed by atoms with E-state index in [0.29, 0.717) is 10.6 Å². The molecule has 86 valence electrons. The summed E-state index contributed by atoms with van der Waals surface area (Å²) in [6.07, 6.45) is 3.16. The summed E-state index contributed by atoms with van der Waals surface area (Å²) in [6.45, 7) is 0.171. The van der Waals surface area contributed by atoms with E-state index in [1.54, 1.807) is 41.2 Å². The van der Waals surface area contributed by atoms with Crippen molar-refractivity contribution in [2.45, 2.75) is 6.54 Å². The Morgan fingerprint density at radius 2 is 1.76 bits per heavy atom. The summed E-state index contributed by atoms with van der Waals surface area (Å²) in [6, 6.07) is 9.75. The highest BCUT2D eigenvalue weighted by Crippen LogP contribution is 2.15. The maximum atomic E-state index is 11.9. The van der Waals surface area contributed by atoms with Gasteiger partial charge in [0.25, 0.3) is 0 Å². The summed E-state index contributed by atoms with van der Waals surface area (Å²) < 4.78 is 1.65. The van der Waals surface area contributed by atoms with E-state index in [2.05, 4.69) is 0 Å². The molecule has 1 aromatic carbocycles. The van der Waals surface area contributed by atoms with Crippen molar-refractivity contribution in [1.29, 1.82) is 0 Å². The van der Waals surface area contributed by atoms with Gasteiger partial charge in [-0.1, -0.05) is 23.7 Å². The summed E-state index contributed by atoms with van der Waals surface area (Å²) in [5, 5.41) is 0.443. The Labute approximate surface area is 103 Å². The molecule has 0 saturated carbocycles. The number of hydrogen-bond donors (Lipinski definition) is 0. The van der Waals surface area contributed by atoms with Crippen molar-refractivity contribution in [3.63, 3.8) is 0 Å². The first-order valence-corrected chi connectivity index (χ1v) is 5.48. The number of aromatic nitrogens is 1. The van der Waals surface area contributed by atoms with Gasteiger partial charge in [0.05, 0.1) is 11.6 Å². The number of Topliss-reactive ketones (excluding diaryl/α,β-unsaturated/α-hetero) is 1. The lowest BCUT2D eigenvalue weighted by Crippen LogP contribution is -2.12. The van der Waals surface area contributed by atoms with Crippen LogP contribution >= 0.6 is 11.6 Å². The molecule has 4 heteroatoms. The number of pyridine rings is 1. The second kappa shape index (κ2) is 4.97. The molecule has 0 radical (unpaired) electrons. The van der Waals surface area contributed by atoms with Crippen molar-refractivity contribution in [3.05, 3.63) is 69.6 Å². The molecule has 0 aliphatic rings. The maximum Gasteiger partial charge on any atom is 0.183 e. The zero-order valence-electron chi connectivity index (χ0n) is 8.97. The predicted octanol–water partition coefficient (Wildman–Crippen LogP) is 2.38. The minimum Gasteiger partial charge on any atom is -0.346 e. The Kier molecular flexibility index (Phi) is 3.40. The molecule has 0 atom stereocenters. The van der Waals surface area contributed by atoms with Gasteiger partial charge < -0.3 is 4.57 Å². The van der Waals surface area contributed by atoms with Crippen molar-refractivity contribution < 1.29 is 4.79 Å². The summed E-state index contributed by atoms with van der Waals surface area (Å²) in [7, 11) is 0. The van der Waals surface area contributed by atoms with E-state index in [-0.39, 0.29) is 17.8 Å². The van der Waals surface area contributed by atoms with Crippen molar-refractivity contribution in [3.8, 4) is 0 Å². The average Bonchev–Trinajstić information content (AvgIpc) is 2.32. The highest BCUT2D eigenvalue weighted by atomic mass is 35.5. The van der Waals surface area contributed by atoms with Gasteiger partial charge in [-0.2, -0.15) is 0 Å². The van der Waals surface area contributed by atoms with Gasteiger partial charge in [0.15, 0.2) is 11.2 Å². The Hall–Kier alpha value is -1.87. The van der Waals surface area contributed by atoms with Crippen LogP contribution in [0, 0.1) is 0 Å². The Balaban J connectivity index is 2.20. The molecule has 0 aliphatic heterocycles. The van der Waals surface area contributed by atoms with E-state index >= 15 is 0 Å². The van der Waals surface area contributed by atoms with Crippen LogP contribution < -0.4 is 5.43 Å². The van der Waals surface area contributed by atoms with Gasteiger partial charge in [-0.05, 0) is 12.1 Å². The van der Waals surface area contributed by atoms with Gasteiger partial charge in [0, 0.05) is 30.1 Å². The number of benzene rings is 1. The predicted molar refractivity (Wildman–Crippen MR) is 66.5 cm³/mol. The molecule has 3 nitrogen and oxygen atoms in total. The lowest BCUT2D eigenvalue weighted by Gasteiger charge is -2.06. The lowest BCUT2D eigenvalue weighted by molar-refractivity contribution is 0.0972. The Bertz CT molecular complexity index is 584. The van der Waals surface area contributed by atoms with E-state index in [0.717, 1.165) is 0 Å². The van der Waals surface area contributed by atoms with E-state index < -0.39 is 0 Å². The number of hydrogen-bond acceptors (Lipinski definition) is 2. The largest absolute Gasteiger partial charge is 0.346 e. The quantitative estimate of drug-likeness (QED) is 0.782. The molecule has 2 aromatic rings. The monoisotopic (exact) mass is 247 g/mol. The van der Waals surface area contributed by atoms with Crippen LogP contribution in [0.15, 0.2) is 53.6 Å². The third kappa shape index (κ3) is 2.82. The first kappa shape index (κ1) is 11.6. The molecule has 0 N–H and O–H groups in total. The number of nitrogens with zero attached hydrogens (tertiary/aromatic N) is 1. The smallest absolute Gasteiger partial charge is 0.183 e. The van der Waals surface area contributed by atoms with Gasteiger partial charge in [-0.25, -0.2) is 0 Å². The van der Waals surface area contributed by atoms with E-state index in [1.165, 1.54) is 12.1 Å². The Morgan fingerprint density at radius 1 is 1.12 bits per heavy atom. The minimum absolute atomic E-state index is 0.0774.